The molecule has 4 nitrogen and oxygen atoms in total. The van der Waals surface area contributed by atoms with Crippen LogP contribution in [0, 0.1) is 5.41 Å². The van der Waals surface area contributed by atoms with E-state index in [9.17, 15) is 0 Å². The van der Waals surface area contributed by atoms with Gasteiger partial charge in [-0.2, -0.15) is 0 Å². The predicted molar refractivity (Wildman–Crippen MR) is 164 cm³/mol. The van der Waals surface area contributed by atoms with Gasteiger partial charge in [0.05, 0.1) is 6.61 Å². The van der Waals surface area contributed by atoms with Gasteiger partial charge >= 0.3 is 0 Å². The second-order valence-electron chi connectivity index (χ2n) is 9.99. The van der Waals surface area contributed by atoms with Crippen LogP contribution in [0.3, 0.4) is 0 Å². The summed E-state index contributed by atoms with van der Waals surface area (Å²) in [6, 6.07) is 16.4. The summed E-state index contributed by atoms with van der Waals surface area (Å²) in [4.78, 5) is 2.16. The lowest BCUT2D eigenvalue weighted by Gasteiger charge is -2.31. The van der Waals surface area contributed by atoms with Crippen LogP contribution in [-0.2, 0) is 13.1 Å². The Hall–Kier alpha value is -3.92. The van der Waals surface area contributed by atoms with Crippen molar-refractivity contribution < 1.29 is 9.47 Å². The van der Waals surface area contributed by atoms with Crippen molar-refractivity contribution in [2.75, 3.05) is 13.3 Å². The van der Waals surface area contributed by atoms with Crippen LogP contribution in [0.5, 0.6) is 11.5 Å². The van der Waals surface area contributed by atoms with Crippen molar-refractivity contribution in [3.05, 3.63) is 131 Å². The molecule has 3 rings (SSSR count). The molecule has 1 aliphatic heterocycles. The highest BCUT2D eigenvalue weighted by molar-refractivity contribution is 5.43. The number of allylic oxidation sites excluding steroid dienone is 9. The molecule has 39 heavy (non-hydrogen) atoms. The molecule has 0 radical (unpaired) electrons. The third-order valence-electron chi connectivity index (χ3n) is 7.15. The maximum absolute atomic E-state index is 5.93. The van der Waals surface area contributed by atoms with E-state index in [0.29, 0.717) is 19.9 Å². The highest BCUT2D eigenvalue weighted by atomic mass is 16.5. The van der Waals surface area contributed by atoms with Gasteiger partial charge < -0.3 is 19.7 Å². The number of nitrogens with zero attached hydrogens (tertiary/aromatic N) is 1. The van der Waals surface area contributed by atoms with E-state index in [1.807, 2.05) is 43.3 Å². The smallest absolute Gasteiger partial charge is 0.161 e. The second-order valence-corrected chi connectivity index (χ2v) is 9.99. The van der Waals surface area contributed by atoms with Crippen LogP contribution in [0.25, 0.3) is 0 Å². The van der Waals surface area contributed by atoms with Crippen molar-refractivity contribution in [2.24, 2.45) is 5.41 Å². The Kier molecular flexibility index (Phi) is 10.9. The summed E-state index contributed by atoms with van der Waals surface area (Å²) in [6.45, 7) is 19.7. The fourth-order valence-electron chi connectivity index (χ4n) is 4.73. The molecule has 0 unspecified atom stereocenters. The first kappa shape index (κ1) is 29.6. The second kappa shape index (κ2) is 14.3. The van der Waals surface area contributed by atoms with E-state index in [0.717, 1.165) is 35.0 Å². The first-order chi connectivity index (χ1) is 18.8. The number of fused-ring (bicyclic) bond motifs is 1. The number of rotatable bonds is 12. The summed E-state index contributed by atoms with van der Waals surface area (Å²) < 4.78 is 11.7. The molecule has 1 aliphatic rings. The number of nitrogens with one attached hydrogen (secondary N) is 1. The molecular weight excluding hydrogens is 480 g/mol. The van der Waals surface area contributed by atoms with E-state index in [4.69, 9.17) is 9.47 Å². The Morgan fingerprint density at radius 3 is 2.31 bits per heavy atom. The SMILES string of the molecule is C=C(/C=C\C(=C/C)C(C)(C)C(/C=C\C(=C/C)NCc1ccccc1OCC)=C/C)N1COc2ccccc2C1. The molecular formula is C35H44N2O2. The van der Waals surface area contributed by atoms with Crippen molar-refractivity contribution >= 4 is 0 Å². The van der Waals surface area contributed by atoms with Gasteiger partial charge in [0.2, 0.25) is 0 Å². The topological polar surface area (TPSA) is 33.7 Å². The summed E-state index contributed by atoms with van der Waals surface area (Å²) in [5.41, 5.74) is 6.58. The maximum Gasteiger partial charge on any atom is 0.161 e. The minimum atomic E-state index is -0.192. The van der Waals surface area contributed by atoms with Gasteiger partial charge in [0.1, 0.15) is 11.5 Å². The van der Waals surface area contributed by atoms with E-state index >= 15 is 0 Å². The van der Waals surface area contributed by atoms with Crippen molar-refractivity contribution in [3.63, 3.8) is 0 Å². The Labute approximate surface area is 235 Å². The molecule has 0 saturated carbocycles. The summed E-state index contributed by atoms with van der Waals surface area (Å²) >= 11 is 0. The number of hydrogen-bond donors (Lipinski definition) is 1. The summed E-state index contributed by atoms with van der Waals surface area (Å²) in [5, 5.41) is 3.55. The monoisotopic (exact) mass is 524 g/mol. The summed E-state index contributed by atoms with van der Waals surface area (Å²) in [6.07, 6.45) is 15.1. The van der Waals surface area contributed by atoms with Crippen molar-refractivity contribution in [1.29, 1.82) is 0 Å². The zero-order valence-corrected chi connectivity index (χ0v) is 24.5. The highest BCUT2D eigenvalue weighted by Gasteiger charge is 2.24. The average molecular weight is 525 g/mol. The molecule has 0 spiro atoms. The molecule has 4 heteroatoms. The van der Waals surface area contributed by atoms with Gasteiger partial charge in [0.15, 0.2) is 6.73 Å². The maximum atomic E-state index is 5.93. The molecule has 0 aromatic heterocycles. The molecule has 206 valence electrons. The Bertz CT molecular complexity index is 1280. The molecule has 0 saturated heterocycles. The van der Waals surface area contributed by atoms with Crippen LogP contribution in [0.2, 0.25) is 0 Å². The first-order valence-electron chi connectivity index (χ1n) is 13.8. The number of para-hydroxylation sites is 2. The van der Waals surface area contributed by atoms with Crippen molar-refractivity contribution in [2.45, 2.75) is 54.6 Å². The minimum absolute atomic E-state index is 0.192. The Morgan fingerprint density at radius 1 is 0.949 bits per heavy atom. The van der Waals surface area contributed by atoms with E-state index < -0.39 is 0 Å². The third kappa shape index (κ3) is 7.79. The van der Waals surface area contributed by atoms with Crippen LogP contribution in [0.4, 0.5) is 0 Å². The molecule has 0 bridgehead atoms. The largest absolute Gasteiger partial charge is 0.494 e. The first-order valence-corrected chi connectivity index (χ1v) is 13.8. The van der Waals surface area contributed by atoms with E-state index in [2.05, 4.69) is 106 Å². The normalized spacial score (nSPS) is 14.9. The van der Waals surface area contributed by atoms with Gasteiger partial charge in [0, 0.05) is 41.0 Å². The third-order valence-corrected chi connectivity index (χ3v) is 7.15. The molecule has 1 N–H and O–H groups in total. The van der Waals surface area contributed by atoms with Crippen LogP contribution >= 0.6 is 0 Å². The number of benzene rings is 2. The molecule has 1 heterocycles. The molecule has 2 aromatic carbocycles. The van der Waals surface area contributed by atoms with Gasteiger partial charge in [-0.25, -0.2) is 0 Å². The number of hydrogen-bond acceptors (Lipinski definition) is 4. The standard InChI is InChI=1S/C35H44N2O2/c1-8-30(21-20-27(5)37-25-29-17-13-15-19-34(29)39-26-37)35(6,7)31(9-2)22-23-32(10-3)36-24-28-16-12-14-18-33(28)38-11-4/h8-10,12-23,36H,5,11,24-26H2,1-4,6-7H3/b21-20-,23-22-,30-8+,31-9+,32-10+. The lowest BCUT2D eigenvalue weighted by atomic mass is 9.76. The fourth-order valence-corrected chi connectivity index (χ4v) is 4.73. The fraction of sp³-hybridized carbons (Fsp3) is 0.314. The lowest BCUT2D eigenvalue weighted by Crippen LogP contribution is -2.30. The molecule has 0 atom stereocenters. The van der Waals surface area contributed by atoms with Crippen LogP contribution in [0.15, 0.2) is 120 Å². The molecule has 0 amide bonds. The zero-order chi connectivity index (χ0) is 28.3. The van der Waals surface area contributed by atoms with Gasteiger partial charge in [-0.1, -0.05) is 87.2 Å². The highest BCUT2D eigenvalue weighted by Crippen LogP contribution is 2.37. The Balaban J connectivity index is 1.66. The summed E-state index contributed by atoms with van der Waals surface area (Å²) in [5.74, 6) is 1.88. The van der Waals surface area contributed by atoms with Crippen molar-refractivity contribution in [3.8, 4) is 11.5 Å². The zero-order valence-electron chi connectivity index (χ0n) is 24.5. The molecule has 2 aromatic rings. The lowest BCUT2D eigenvalue weighted by molar-refractivity contribution is 0.132. The predicted octanol–water partition coefficient (Wildman–Crippen LogP) is 8.48. The van der Waals surface area contributed by atoms with Gasteiger partial charge in [-0.15, -0.1) is 0 Å². The summed E-state index contributed by atoms with van der Waals surface area (Å²) in [7, 11) is 0. The van der Waals surface area contributed by atoms with Gasteiger partial charge in [-0.05, 0) is 63.1 Å². The quantitative estimate of drug-likeness (QED) is 0.282. The van der Waals surface area contributed by atoms with E-state index in [-0.39, 0.29) is 5.41 Å². The number of ether oxygens (including phenoxy) is 2. The van der Waals surface area contributed by atoms with Crippen molar-refractivity contribution in [1.82, 2.24) is 10.2 Å². The van der Waals surface area contributed by atoms with Gasteiger partial charge in [-0.3, -0.25) is 0 Å². The minimum Gasteiger partial charge on any atom is -0.494 e. The van der Waals surface area contributed by atoms with Crippen LogP contribution < -0.4 is 14.8 Å². The van der Waals surface area contributed by atoms with Crippen LogP contribution in [0.1, 0.15) is 52.7 Å². The average Bonchev–Trinajstić information content (AvgIpc) is 2.95. The molecule has 0 fully saturated rings. The Morgan fingerprint density at radius 2 is 1.62 bits per heavy atom. The van der Waals surface area contributed by atoms with E-state index in [1.54, 1.807) is 0 Å². The van der Waals surface area contributed by atoms with Gasteiger partial charge in [0.25, 0.3) is 0 Å². The molecule has 0 aliphatic carbocycles. The van der Waals surface area contributed by atoms with E-state index in [1.165, 1.54) is 16.7 Å². The van der Waals surface area contributed by atoms with Crippen LogP contribution in [-0.4, -0.2) is 18.2 Å².